The molecule has 1 aliphatic carbocycles. The van der Waals surface area contributed by atoms with Crippen LogP contribution in [0, 0.1) is 12.8 Å². The van der Waals surface area contributed by atoms with Crippen LogP contribution in [0.2, 0.25) is 0 Å². The number of aryl methyl sites for hydroxylation is 1. The second-order valence-corrected chi connectivity index (χ2v) is 7.13. The molecule has 0 spiro atoms. The standard InChI is InChI=1S/C21H20ClNO/c1-15-7-6-10-17(13-15)23-18-11-12-19(21(2,22)14-18)20(24)16-8-4-3-5-9-16/h3-14,19,23H,1-2H3. The van der Waals surface area contributed by atoms with Crippen LogP contribution in [0.25, 0.3) is 0 Å². The summed E-state index contributed by atoms with van der Waals surface area (Å²) in [6.07, 6.45) is 5.74. The fourth-order valence-corrected chi connectivity index (χ4v) is 3.21. The van der Waals surface area contributed by atoms with Gasteiger partial charge in [0.05, 0.1) is 10.8 Å². The van der Waals surface area contributed by atoms with Crippen molar-refractivity contribution in [1.29, 1.82) is 0 Å². The number of anilines is 1. The molecular formula is C21H20ClNO. The van der Waals surface area contributed by atoms with Crippen molar-refractivity contribution in [3.63, 3.8) is 0 Å². The predicted molar refractivity (Wildman–Crippen MR) is 101 cm³/mol. The Hall–Kier alpha value is -2.32. The smallest absolute Gasteiger partial charge is 0.171 e. The zero-order valence-corrected chi connectivity index (χ0v) is 14.5. The molecule has 0 aliphatic heterocycles. The van der Waals surface area contributed by atoms with E-state index in [0.29, 0.717) is 5.56 Å². The van der Waals surface area contributed by atoms with Crippen molar-refractivity contribution in [2.45, 2.75) is 18.7 Å². The topological polar surface area (TPSA) is 29.1 Å². The average Bonchev–Trinajstić information content (AvgIpc) is 2.54. The van der Waals surface area contributed by atoms with Gasteiger partial charge in [-0.05, 0) is 43.7 Å². The number of hydrogen-bond acceptors (Lipinski definition) is 2. The fourth-order valence-electron chi connectivity index (χ4n) is 2.92. The molecule has 1 aliphatic rings. The lowest BCUT2D eigenvalue weighted by Gasteiger charge is -2.30. The molecule has 0 fully saturated rings. The van der Waals surface area contributed by atoms with Crippen LogP contribution in [0.3, 0.4) is 0 Å². The molecule has 2 atom stereocenters. The van der Waals surface area contributed by atoms with E-state index in [1.54, 1.807) is 0 Å². The molecule has 3 rings (SSSR count). The van der Waals surface area contributed by atoms with E-state index in [-0.39, 0.29) is 11.7 Å². The Balaban J connectivity index is 1.80. The first-order valence-electron chi connectivity index (χ1n) is 7.99. The van der Waals surface area contributed by atoms with Crippen LogP contribution in [0.4, 0.5) is 5.69 Å². The second-order valence-electron chi connectivity index (χ2n) is 6.31. The number of halogens is 1. The van der Waals surface area contributed by atoms with Crippen molar-refractivity contribution >= 4 is 23.1 Å². The summed E-state index contributed by atoms with van der Waals surface area (Å²) >= 11 is 6.69. The molecule has 0 saturated heterocycles. The van der Waals surface area contributed by atoms with Gasteiger partial charge in [-0.3, -0.25) is 4.79 Å². The van der Waals surface area contributed by atoms with E-state index >= 15 is 0 Å². The van der Waals surface area contributed by atoms with Crippen molar-refractivity contribution in [2.24, 2.45) is 5.92 Å². The highest BCUT2D eigenvalue weighted by Crippen LogP contribution is 2.35. The lowest BCUT2D eigenvalue weighted by atomic mass is 9.82. The normalized spacial score (nSPS) is 22.8. The number of Topliss-reactive ketones (excluding diaryl/α,β-unsaturated/α-hetero) is 1. The zero-order chi connectivity index (χ0) is 17.2. The van der Waals surface area contributed by atoms with Gasteiger partial charge in [0.15, 0.2) is 5.78 Å². The molecular weight excluding hydrogens is 318 g/mol. The Morgan fingerprint density at radius 1 is 1.12 bits per heavy atom. The van der Waals surface area contributed by atoms with E-state index in [4.69, 9.17) is 11.6 Å². The Morgan fingerprint density at radius 3 is 2.54 bits per heavy atom. The highest BCUT2D eigenvalue weighted by molar-refractivity contribution is 6.28. The SMILES string of the molecule is Cc1cccc(NC2=CC(C)(Cl)C(C(=O)c3ccccc3)C=C2)c1. The summed E-state index contributed by atoms with van der Waals surface area (Å²) in [5, 5.41) is 3.36. The first-order valence-corrected chi connectivity index (χ1v) is 8.36. The van der Waals surface area contributed by atoms with Crippen molar-refractivity contribution in [1.82, 2.24) is 0 Å². The molecule has 0 amide bonds. The van der Waals surface area contributed by atoms with Crippen LogP contribution in [0.15, 0.2) is 78.5 Å². The van der Waals surface area contributed by atoms with Crippen LogP contribution < -0.4 is 5.32 Å². The molecule has 0 radical (unpaired) electrons. The van der Waals surface area contributed by atoms with Crippen LogP contribution >= 0.6 is 11.6 Å². The predicted octanol–water partition coefficient (Wildman–Crippen LogP) is 5.36. The van der Waals surface area contributed by atoms with Crippen molar-refractivity contribution in [3.8, 4) is 0 Å². The fraction of sp³-hybridized carbons (Fsp3) is 0.190. The number of benzene rings is 2. The Morgan fingerprint density at radius 2 is 1.88 bits per heavy atom. The molecule has 1 N–H and O–H groups in total. The third-order valence-corrected chi connectivity index (χ3v) is 4.51. The second kappa shape index (κ2) is 6.66. The summed E-state index contributed by atoms with van der Waals surface area (Å²) in [5.41, 5.74) is 3.77. The van der Waals surface area contributed by atoms with Gasteiger partial charge in [-0.2, -0.15) is 0 Å². The molecule has 3 heteroatoms. The van der Waals surface area contributed by atoms with Crippen LogP contribution in [0.5, 0.6) is 0 Å². The van der Waals surface area contributed by atoms with Crippen LogP contribution in [-0.2, 0) is 0 Å². The number of hydrogen-bond donors (Lipinski definition) is 1. The number of allylic oxidation sites excluding steroid dienone is 3. The Labute approximate surface area is 147 Å². The molecule has 2 aromatic carbocycles. The van der Waals surface area contributed by atoms with Gasteiger partial charge in [0.25, 0.3) is 0 Å². The first-order chi connectivity index (χ1) is 11.5. The largest absolute Gasteiger partial charge is 0.356 e. The van der Waals surface area contributed by atoms with Gasteiger partial charge >= 0.3 is 0 Å². The quantitative estimate of drug-likeness (QED) is 0.601. The average molecular weight is 338 g/mol. The molecule has 24 heavy (non-hydrogen) atoms. The van der Waals surface area contributed by atoms with Crippen molar-refractivity contribution in [2.75, 3.05) is 5.32 Å². The van der Waals surface area contributed by atoms with Gasteiger partial charge in [0, 0.05) is 16.9 Å². The number of carbonyl (C=O) groups excluding carboxylic acids is 1. The van der Waals surface area contributed by atoms with Crippen molar-refractivity contribution < 1.29 is 4.79 Å². The first kappa shape index (κ1) is 16.5. The van der Waals surface area contributed by atoms with Crippen molar-refractivity contribution in [3.05, 3.63) is 89.6 Å². The summed E-state index contributed by atoms with van der Waals surface area (Å²) in [4.78, 5) is 12.0. The van der Waals surface area contributed by atoms with E-state index in [9.17, 15) is 4.79 Å². The molecule has 0 bridgehead atoms. The molecule has 0 saturated carbocycles. The zero-order valence-electron chi connectivity index (χ0n) is 13.8. The minimum absolute atomic E-state index is 0.0372. The molecule has 122 valence electrons. The summed E-state index contributed by atoms with van der Waals surface area (Å²) in [7, 11) is 0. The number of ketones is 1. The Bertz CT molecular complexity index is 806. The van der Waals surface area contributed by atoms with Crippen LogP contribution in [0.1, 0.15) is 22.8 Å². The van der Waals surface area contributed by atoms with E-state index in [2.05, 4.69) is 24.4 Å². The van der Waals surface area contributed by atoms with E-state index < -0.39 is 4.87 Å². The van der Waals surface area contributed by atoms with E-state index in [1.165, 1.54) is 5.56 Å². The summed E-state index contributed by atoms with van der Waals surface area (Å²) in [5.74, 6) is -0.347. The third-order valence-electron chi connectivity index (χ3n) is 4.16. The van der Waals surface area contributed by atoms with Gasteiger partial charge < -0.3 is 5.32 Å². The van der Waals surface area contributed by atoms with Crippen LogP contribution in [-0.4, -0.2) is 10.7 Å². The minimum Gasteiger partial charge on any atom is -0.356 e. The molecule has 2 aromatic rings. The number of rotatable bonds is 4. The maximum Gasteiger partial charge on any atom is 0.171 e. The summed E-state index contributed by atoms with van der Waals surface area (Å²) in [6, 6.07) is 17.4. The maximum absolute atomic E-state index is 12.7. The Kier molecular flexibility index (Phi) is 4.59. The minimum atomic E-state index is -0.770. The molecule has 2 unspecified atom stereocenters. The van der Waals surface area contributed by atoms with E-state index in [1.807, 2.05) is 67.6 Å². The highest BCUT2D eigenvalue weighted by Gasteiger charge is 2.36. The highest BCUT2D eigenvalue weighted by atomic mass is 35.5. The lowest BCUT2D eigenvalue weighted by molar-refractivity contribution is 0.0932. The molecule has 0 heterocycles. The van der Waals surface area contributed by atoms with Gasteiger partial charge in [0.2, 0.25) is 0 Å². The number of nitrogens with one attached hydrogen (secondary N) is 1. The maximum atomic E-state index is 12.7. The third kappa shape index (κ3) is 3.60. The van der Waals surface area contributed by atoms with Gasteiger partial charge in [-0.1, -0.05) is 48.5 Å². The van der Waals surface area contributed by atoms with Gasteiger partial charge in [0.1, 0.15) is 0 Å². The number of carbonyl (C=O) groups is 1. The summed E-state index contributed by atoms with van der Waals surface area (Å²) < 4.78 is 0. The van der Waals surface area contributed by atoms with E-state index in [0.717, 1.165) is 11.4 Å². The lowest BCUT2D eigenvalue weighted by Crippen LogP contribution is -2.34. The molecule has 0 aromatic heterocycles. The molecule has 2 nitrogen and oxygen atoms in total. The van der Waals surface area contributed by atoms with Gasteiger partial charge in [-0.25, -0.2) is 0 Å². The number of alkyl halides is 1. The van der Waals surface area contributed by atoms with Gasteiger partial charge in [-0.15, -0.1) is 11.6 Å². The summed E-state index contributed by atoms with van der Waals surface area (Å²) in [6.45, 7) is 3.93. The monoisotopic (exact) mass is 337 g/mol.